The highest BCUT2D eigenvalue weighted by atomic mass is 13.9. The molecule has 0 unspecified atom stereocenters. The smallest absolute Gasteiger partial charge is 0.0169 e. The van der Waals surface area contributed by atoms with E-state index in [1.54, 1.807) is 0 Å². The Labute approximate surface area is 69.3 Å². The Morgan fingerprint density at radius 1 is 0.455 bits per heavy atom. The van der Waals surface area contributed by atoms with Crippen molar-refractivity contribution in [3.05, 3.63) is 36.5 Å². The SMILES string of the molecule is C1=C\CC/C=C\CC/C=C\C/1. The van der Waals surface area contributed by atoms with E-state index in [0.29, 0.717) is 0 Å². The lowest BCUT2D eigenvalue weighted by Gasteiger charge is -1.85. The summed E-state index contributed by atoms with van der Waals surface area (Å²) in [5, 5.41) is 0. The van der Waals surface area contributed by atoms with Gasteiger partial charge in [0, 0.05) is 0 Å². The van der Waals surface area contributed by atoms with Gasteiger partial charge < -0.3 is 0 Å². The van der Waals surface area contributed by atoms with Crippen molar-refractivity contribution in [2.24, 2.45) is 0 Å². The third-order valence-electron chi connectivity index (χ3n) is 1.77. The number of hydrogen-bond acceptors (Lipinski definition) is 0. The van der Waals surface area contributed by atoms with Gasteiger partial charge in [0.2, 0.25) is 0 Å². The summed E-state index contributed by atoms with van der Waals surface area (Å²) >= 11 is 0. The van der Waals surface area contributed by atoms with Gasteiger partial charge in [-0.1, -0.05) is 36.5 Å². The molecule has 1 rings (SSSR count). The lowest BCUT2D eigenvalue weighted by molar-refractivity contribution is 1.01. The predicted octanol–water partition coefficient (Wildman–Crippen LogP) is 3.62. The van der Waals surface area contributed by atoms with Crippen LogP contribution in [0.25, 0.3) is 0 Å². The van der Waals surface area contributed by atoms with Crippen molar-refractivity contribution in [2.75, 3.05) is 0 Å². The largest absolute Gasteiger partial charge is 0.0882 e. The van der Waals surface area contributed by atoms with Crippen molar-refractivity contribution in [3.8, 4) is 0 Å². The van der Waals surface area contributed by atoms with E-state index in [1.807, 2.05) is 0 Å². The molecule has 60 valence electrons. The Bertz CT molecular complexity index is 143. The monoisotopic (exact) mass is 148 g/mol. The summed E-state index contributed by atoms with van der Waals surface area (Å²) in [5.74, 6) is 0. The Morgan fingerprint density at radius 2 is 0.818 bits per heavy atom. The van der Waals surface area contributed by atoms with Gasteiger partial charge in [-0.25, -0.2) is 0 Å². The van der Waals surface area contributed by atoms with Gasteiger partial charge in [-0.2, -0.15) is 0 Å². The zero-order chi connectivity index (χ0) is 7.78. The highest BCUT2D eigenvalue weighted by molar-refractivity contribution is 4.96. The van der Waals surface area contributed by atoms with Crippen LogP contribution in [0.15, 0.2) is 36.5 Å². The van der Waals surface area contributed by atoms with E-state index < -0.39 is 0 Å². The van der Waals surface area contributed by atoms with Crippen LogP contribution in [0.2, 0.25) is 0 Å². The van der Waals surface area contributed by atoms with Gasteiger partial charge in [-0.3, -0.25) is 0 Å². The van der Waals surface area contributed by atoms with Gasteiger partial charge in [-0.05, 0) is 32.1 Å². The van der Waals surface area contributed by atoms with Crippen LogP contribution in [-0.4, -0.2) is 0 Å². The Morgan fingerprint density at radius 3 is 1.27 bits per heavy atom. The second-order valence-corrected chi connectivity index (χ2v) is 2.80. The normalized spacial score (nSPS) is 28.4. The van der Waals surface area contributed by atoms with E-state index in [1.165, 1.54) is 25.7 Å². The van der Waals surface area contributed by atoms with Gasteiger partial charge in [0.15, 0.2) is 0 Å². The minimum absolute atomic E-state index is 1.11. The summed E-state index contributed by atoms with van der Waals surface area (Å²) in [6, 6.07) is 0. The van der Waals surface area contributed by atoms with Crippen LogP contribution >= 0.6 is 0 Å². The van der Waals surface area contributed by atoms with Crippen molar-refractivity contribution >= 4 is 0 Å². The van der Waals surface area contributed by atoms with E-state index in [9.17, 15) is 0 Å². The van der Waals surface area contributed by atoms with E-state index in [4.69, 9.17) is 0 Å². The molecule has 0 aromatic carbocycles. The Kier molecular flexibility index (Phi) is 4.51. The van der Waals surface area contributed by atoms with E-state index in [-0.39, 0.29) is 0 Å². The molecule has 0 radical (unpaired) electrons. The molecule has 0 N–H and O–H groups in total. The first-order valence-electron chi connectivity index (χ1n) is 4.45. The summed E-state index contributed by atoms with van der Waals surface area (Å²) in [4.78, 5) is 0. The van der Waals surface area contributed by atoms with Crippen LogP contribution in [0, 0.1) is 0 Å². The molecule has 0 fully saturated rings. The van der Waals surface area contributed by atoms with E-state index in [2.05, 4.69) is 36.5 Å². The second-order valence-electron chi connectivity index (χ2n) is 2.80. The van der Waals surface area contributed by atoms with Gasteiger partial charge in [-0.15, -0.1) is 0 Å². The topological polar surface area (TPSA) is 0 Å². The highest BCUT2D eigenvalue weighted by Crippen LogP contribution is 2.01. The number of hydrogen-bond donors (Lipinski definition) is 0. The fourth-order valence-corrected chi connectivity index (χ4v) is 1.13. The lowest BCUT2D eigenvalue weighted by atomic mass is 10.2. The molecule has 1 aliphatic rings. The molecule has 0 saturated carbocycles. The third kappa shape index (κ3) is 4.60. The van der Waals surface area contributed by atoms with Crippen molar-refractivity contribution in [1.82, 2.24) is 0 Å². The number of allylic oxidation sites excluding steroid dienone is 6. The Balaban J connectivity index is 2.34. The molecule has 0 bridgehead atoms. The van der Waals surface area contributed by atoms with Crippen LogP contribution in [0.1, 0.15) is 32.1 Å². The standard InChI is InChI=1S/C11H16/c1-2-4-6-8-10-11-9-7-5-3-1/h1-2,5,7-8,10H,3-4,6,9,11H2/b2-1-,7-5-,10-8-. The van der Waals surface area contributed by atoms with Crippen molar-refractivity contribution < 1.29 is 0 Å². The van der Waals surface area contributed by atoms with Crippen LogP contribution < -0.4 is 0 Å². The summed E-state index contributed by atoms with van der Waals surface area (Å²) in [5.41, 5.74) is 0. The minimum Gasteiger partial charge on any atom is -0.0882 e. The van der Waals surface area contributed by atoms with Gasteiger partial charge in [0.25, 0.3) is 0 Å². The molecule has 0 heterocycles. The molecule has 0 aliphatic heterocycles. The first kappa shape index (κ1) is 8.32. The van der Waals surface area contributed by atoms with E-state index in [0.717, 1.165) is 6.42 Å². The Hall–Kier alpha value is -0.780. The number of rotatable bonds is 0. The summed E-state index contributed by atoms with van der Waals surface area (Å²) in [6.07, 6.45) is 19.5. The molecule has 0 atom stereocenters. The first-order valence-corrected chi connectivity index (χ1v) is 4.45. The summed E-state index contributed by atoms with van der Waals surface area (Å²) in [7, 11) is 0. The van der Waals surface area contributed by atoms with E-state index >= 15 is 0 Å². The fraction of sp³-hybridized carbons (Fsp3) is 0.455. The molecule has 0 heteroatoms. The average Bonchev–Trinajstić information content (AvgIpc) is 2.08. The van der Waals surface area contributed by atoms with Crippen molar-refractivity contribution in [2.45, 2.75) is 32.1 Å². The first-order chi connectivity index (χ1) is 5.50. The maximum Gasteiger partial charge on any atom is -0.0169 e. The summed E-state index contributed by atoms with van der Waals surface area (Å²) < 4.78 is 0. The minimum atomic E-state index is 1.11. The lowest BCUT2D eigenvalue weighted by Crippen LogP contribution is -1.65. The molecule has 0 amide bonds. The fourth-order valence-electron chi connectivity index (χ4n) is 1.13. The average molecular weight is 148 g/mol. The van der Waals surface area contributed by atoms with Crippen molar-refractivity contribution in [1.29, 1.82) is 0 Å². The molecule has 1 aliphatic carbocycles. The van der Waals surface area contributed by atoms with Crippen LogP contribution in [0.4, 0.5) is 0 Å². The molecule has 0 nitrogen and oxygen atoms in total. The predicted molar refractivity (Wildman–Crippen MR) is 50.5 cm³/mol. The maximum absolute atomic E-state index is 2.28. The molecule has 0 aromatic heterocycles. The van der Waals surface area contributed by atoms with Gasteiger partial charge >= 0.3 is 0 Å². The summed E-state index contributed by atoms with van der Waals surface area (Å²) in [6.45, 7) is 0. The molecular weight excluding hydrogens is 132 g/mol. The van der Waals surface area contributed by atoms with Gasteiger partial charge in [0.05, 0.1) is 0 Å². The molecule has 0 spiro atoms. The highest BCUT2D eigenvalue weighted by Gasteiger charge is 1.80. The van der Waals surface area contributed by atoms with Crippen molar-refractivity contribution in [3.63, 3.8) is 0 Å². The molecule has 11 heavy (non-hydrogen) atoms. The zero-order valence-electron chi connectivity index (χ0n) is 7.00. The quantitative estimate of drug-likeness (QED) is 0.460. The van der Waals surface area contributed by atoms with Crippen LogP contribution in [-0.2, 0) is 0 Å². The molecule has 0 saturated heterocycles. The van der Waals surface area contributed by atoms with Crippen LogP contribution in [0.5, 0.6) is 0 Å². The second kappa shape index (κ2) is 5.96. The maximum atomic E-state index is 2.28. The van der Waals surface area contributed by atoms with Gasteiger partial charge in [0.1, 0.15) is 0 Å². The molecule has 0 aromatic rings. The zero-order valence-corrected chi connectivity index (χ0v) is 7.00. The molecular formula is C11H16. The third-order valence-corrected chi connectivity index (χ3v) is 1.77. The van der Waals surface area contributed by atoms with Crippen LogP contribution in [0.3, 0.4) is 0 Å².